The van der Waals surface area contributed by atoms with Crippen LogP contribution in [0.15, 0.2) is 29.8 Å². The third-order valence-electron chi connectivity index (χ3n) is 6.46. The molecular weight excluding hydrogens is 366 g/mol. The highest BCUT2D eigenvalue weighted by Crippen LogP contribution is 2.40. The van der Waals surface area contributed by atoms with E-state index >= 15 is 0 Å². The number of amides is 1. The lowest BCUT2D eigenvalue weighted by Crippen LogP contribution is -2.45. The highest BCUT2D eigenvalue weighted by Gasteiger charge is 2.43. The van der Waals surface area contributed by atoms with Gasteiger partial charge in [-0.1, -0.05) is 38.1 Å². The Hall–Kier alpha value is -1.72. The third kappa shape index (κ3) is 4.01. The maximum atomic E-state index is 12.9. The molecule has 2 aliphatic heterocycles. The van der Waals surface area contributed by atoms with Crippen molar-refractivity contribution in [3.8, 4) is 0 Å². The molecule has 1 atom stereocenters. The highest BCUT2D eigenvalue weighted by molar-refractivity contribution is 7.11. The largest absolute Gasteiger partial charge is 0.337 e. The van der Waals surface area contributed by atoms with E-state index in [1.165, 1.54) is 35.3 Å². The van der Waals surface area contributed by atoms with Crippen LogP contribution in [-0.2, 0) is 6.54 Å². The van der Waals surface area contributed by atoms with Gasteiger partial charge in [0.1, 0.15) is 4.88 Å². The second-order valence-corrected chi connectivity index (χ2v) is 9.81. The zero-order valence-electron chi connectivity index (χ0n) is 17.3. The van der Waals surface area contributed by atoms with Crippen molar-refractivity contribution in [1.29, 1.82) is 0 Å². The second-order valence-electron chi connectivity index (χ2n) is 8.95. The molecule has 28 heavy (non-hydrogen) atoms. The number of hydrogen-bond donors (Lipinski definition) is 0. The van der Waals surface area contributed by atoms with Gasteiger partial charge in [0.05, 0.1) is 11.2 Å². The van der Waals surface area contributed by atoms with Crippen molar-refractivity contribution in [1.82, 2.24) is 14.8 Å². The first-order chi connectivity index (χ1) is 13.5. The summed E-state index contributed by atoms with van der Waals surface area (Å²) in [6.07, 6.45) is 3.59. The summed E-state index contributed by atoms with van der Waals surface area (Å²) in [7, 11) is 0. The van der Waals surface area contributed by atoms with Crippen LogP contribution in [0, 0.1) is 12.3 Å². The van der Waals surface area contributed by atoms with Crippen molar-refractivity contribution in [2.45, 2.75) is 52.5 Å². The first-order valence-electron chi connectivity index (χ1n) is 10.5. The molecular formula is C23H31N3OS. The number of piperidine rings is 1. The second kappa shape index (κ2) is 7.96. The fourth-order valence-electron chi connectivity index (χ4n) is 4.80. The summed E-state index contributed by atoms with van der Waals surface area (Å²) in [5.41, 5.74) is 5.71. The molecule has 2 fully saturated rings. The van der Waals surface area contributed by atoms with Crippen molar-refractivity contribution in [2.24, 2.45) is 5.41 Å². The fourth-order valence-corrected chi connectivity index (χ4v) is 5.57. The van der Waals surface area contributed by atoms with Gasteiger partial charge in [-0.25, -0.2) is 4.98 Å². The Bertz CT molecular complexity index is 829. The minimum Gasteiger partial charge on any atom is -0.337 e. The Balaban J connectivity index is 1.39. The summed E-state index contributed by atoms with van der Waals surface area (Å²) in [6, 6.07) is 9.11. The monoisotopic (exact) mass is 397 g/mol. The predicted octanol–water partition coefficient (Wildman–Crippen LogP) is 4.70. The molecule has 1 amide bonds. The molecule has 0 saturated carbocycles. The normalized spacial score (nSPS) is 23.1. The number of carbonyl (C=O) groups excluding carboxylic acids is 1. The number of hydrogen-bond acceptors (Lipinski definition) is 4. The summed E-state index contributed by atoms with van der Waals surface area (Å²) in [5, 5.41) is 0. The summed E-state index contributed by atoms with van der Waals surface area (Å²) in [6.45, 7) is 11.5. The SMILES string of the molecule is Cc1ncsc1C(=O)N1CC[C@]2(CCCN(Cc3ccc(C(C)C)cc3)C2)C1. The molecule has 150 valence electrons. The van der Waals surface area contributed by atoms with E-state index in [9.17, 15) is 4.79 Å². The first-order valence-corrected chi connectivity index (χ1v) is 11.3. The molecule has 0 bridgehead atoms. The van der Waals surface area contributed by atoms with Crippen molar-refractivity contribution in [2.75, 3.05) is 26.2 Å². The van der Waals surface area contributed by atoms with E-state index in [2.05, 4.69) is 52.9 Å². The van der Waals surface area contributed by atoms with Crippen LogP contribution in [0.2, 0.25) is 0 Å². The molecule has 1 aromatic carbocycles. The maximum absolute atomic E-state index is 12.9. The zero-order chi connectivity index (χ0) is 19.7. The van der Waals surface area contributed by atoms with E-state index < -0.39 is 0 Å². The minimum atomic E-state index is 0.179. The molecule has 3 heterocycles. The summed E-state index contributed by atoms with van der Waals surface area (Å²) in [4.78, 5) is 22.6. The van der Waals surface area contributed by atoms with E-state index in [0.717, 1.165) is 49.7 Å². The topological polar surface area (TPSA) is 36.4 Å². The summed E-state index contributed by atoms with van der Waals surface area (Å²) in [5.74, 6) is 0.759. The number of carbonyl (C=O) groups is 1. The standard InChI is InChI=1S/C23H31N3OS/c1-17(2)20-7-5-19(6-8-20)13-25-11-4-9-23(14-25)10-12-26(15-23)22(27)21-18(3)24-16-28-21/h5-8,16-17H,4,9-15H2,1-3H3/t23-/m0/s1. The Kier molecular flexibility index (Phi) is 5.57. The number of aryl methyl sites for hydroxylation is 1. The van der Waals surface area contributed by atoms with Gasteiger partial charge >= 0.3 is 0 Å². The third-order valence-corrected chi connectivity index (χ3v) is 7.37. The molecule has 1 spiro atoms. The number of benzene rings is 1. The number of aromatic nitrogens is 1. The van der Waals surface area contributed by atoms with E-state index in [4.69, 9.17) is 0 Å². The number of likely N-dealkylation sites (tertiary alicyclic amines) is 2. The first kappa shape index (κ1) is 19.6. The van der Waals surface area contributed by atoms with Crippen LogP contribution in [0.5, 0.6) is 0 Å². The zero-order valence-corrected chi connectivity index (χ0v) is 18.1. The van der Waals surface area contributed by atoms with Gasteiger partial charge < -0.3 is 4.90 Å². The molecule has 4 rings (SSSR count). The Morgan fingerprint density at radius 2 is 1.96 bits per heavy atom. The Labute approximate surface area is 172 Å². The molecule has 4 nitrogen and oxygen atoms in total. The average Bonchev–Trinajstić information content (AvgIpc) is 3.28. The van der Waals surface area contributed by atoms with Crippen LogP contribution in [0.3, 0.4) is 0 Å². The van der Waals surface area contributed by atoms with E-state index in [0.29, 0.717) is 5.92 Å². The van der Waals surface area contributed by atoms with Crippen LogP contribution in [0.4, 0.5) is 0 Å². The molecule has 1 aromatic heterocycles. The quantitative estimate of drug-likeness (QED) is 0.750. The summed E-state index contributed by atoms with van der Waals surface area (Å²) >= 11 is 1.47. The predicted molar refractivity (Wildman–Crippen MR) is 115 cm³/mol. The lowest BCUT2D eigenvalue weighted by molar-refractivity contribution is 0.0678. The lowest BCUT2D eigenvalue weighted by atomic mass is 9.79. The van der Waals surface area contributed by atoms with Crippen molar-refractivity contribution >= 4 is 17.2 Å². The molecule has 0 radical (unpaired) electrons. The Morgan fingerprint density at radius 3 is 2.64 bits per heavy atom. The van der Waals surface area contributed by atoms with E-state index in [1.54, 1.807) is 5.51 Å². The smallest absolute Gasteiger partial charge is 0.265 e. The van der Waals surface area contributed by atoms with Gasteiger partial charge in [-0.3, -0.25) is 9.69 Å². The molecule has 0 N–H and O–H groups in total. The molecule has 2 aromatic rings. The number of rotatable bonds is 4. The van der Waals surface area contributed by atoms with Gasteiger partial charge in [0.15, 0.2) is 0 Å². The van der Waals surface area contributed by atoms with Gasteiger partial charge in [0.2, 0.25) is 0 Å². The van der Waals surface area contributed by atoms with Gasteiger partial charge in [-0.05, 0) is 49.8 Å². The summed E-state index contributed by atoms with van der Waals surface area (Å²) < 4.78 is 0. The van der Waals surface area contributed by atoms with Crippen molar-refractivity contribution in [3.63, 3.8) is 0 Å². The molecule has 5 heteroatoms. The number of nitrogens with zero attached hydrogens (tertiary/aromatic N) is 3. The minimum absolute atomic E-state index is 0.179. The lowest BCUT2D eigenvalue weighted by Gasteiger charge is -2.40. The van der Waals surface area contributed by atoms with Crippen molar-refractivity contribution < 1.29 is 4.79 Å². The van der Waals surface area contributed by atoms with Gasteiger partial charge in [0, 0.05) is 31.6 Å². The number of thiazole rings is 1. The molecule has 2 saturated heterocycles. The molecule has 0 aliphatic carbocycles. The van der Waals surface area contributed by atoms with Gasteiger partial charge in [-0.15, -0.1) is 11.3 Å². The van der Waals surface area contributed by atoms with Crippen LogP contribution < -0.4 is 0 Å². The van der Waals surface area contributed by atoms with E-state index in [1.807, 2.05) is 6.92 Å². The van der Waals surface area contributed by atoms with Crippen LogP contribution in [0.1, 0.15) is 65.5 Å². The van der Waals surface area contributed by atoms with Crippen molar-refractivity contribution in [3.05, 3.63) is 51.5 Å². The van der Waals surface area contributed by atoms with Crippen LogP contribution in [0.25, 0.3) is 0 Å². The van der Waals surface area contributed by atoms with E-state index in [-0.39, 0.29) is 11.3 Å². The maximum Gasteiger partial charge on any atom is 0.265 e. The van der Waals surface area contributed by atoms with Crippen LogP contribution in [-0.4, -0.2) is 46.9 Å². The molecule has 0 unspecified atom stereocenters. The fraction of sp³-hybridized carbons (Fsp3) is 0.565. The molecule has 2 aliphatic rings. The Morgan fingerprint density at radius 1 is 1.18 bits per heavy atom. The average molecular weight is 398 g/mol. The van der Waals surface area contributed by atoms with Crippen LogP contribution >= 0.6 is 11.3 Å². The highest BCUT2D eigenvalue weighted by atomic mass is 32.1. The van der Waals surface area contributed by atoms with Gasteiger partial charge in [-0.2, -0.15) is 0 Å². The van der Waals surface area contributed by atoms with Gasteiger partial charge in [0.25, 0.3) is 5.91 Å².